The standard InChI is InChI=1S/C34H67N9O10S3Si3/c1-31(2,3)57(16,17)51-28-35-22-25(41(28)54(45,46)38(10)11)34(44,26-23-36-29(42(26)55(47,48)39(12)13)52-58(18,19)32(4,5)6)27-24-37-30(43(27)56(49,50)40(14)15)53-59(20,21)33(7,8)9/h22-24,44H,1-21H3. The lowest BCUT2D eigenvalue weighted by atomic mass is 9.93. The lowest BCUT2D eigenvalue weighted by molar-refractivity contribution is 0.106. The van der Waals surface area contributed by atoms with E-state index in [-0.39, 0.29) is 0 Å². The minimum Gasteiger partial charge on any atom is -0.517 e. The summed E-state index contributed by atoms with van der Waals surface area (Å²) in [4.78, 5) is 13.2. The fourth-order valence-electron chi connectivity index (χ4n) is 4.59. The maximum Gasteiger partial charge on any atom is 0.311 e. The van der Waals surface area contributed by atoms with Crippen molar-refractivity contribution in [3.63, 3.8) is 0 Å². The predicted molar refractivity (Wildman–Crippen MR) is 236 cm³/mol. The summed E-state index contributed by atoms with van der Waals surface area (Å²) in [6.45, 7) is 28.6. The lowest BCUT2D eigenvalue weighted by Crippen LogP contribution is -2.47. The molecule has 3 aromatic rings. The maximum absolute atomic E-state index is 14.6. The molecule has 1 N–H and O–H groups in total. The zero-order chi connectivity index (χ0) is 46.3. The molecule has 0 atom stereocenters. The number of nitrogens with zero attached hydrogens (tertiary/aromatic N) is 9. The molecule has 0 bridgehead atoms. The highest BCUT2D eigenvalue weighted by atomic mass is 32.2. The number of rotatable bonds is 15. The Morgan fingerprint density at radius 1 is 0.475 bits per heavy atom. The van der Waals surface area contributed by atoms with Gasteiger partial charge in [0.05, 0.1) is 18.6 Å². The average molecular weight is 942 g/mol. The molecule has 338 valence electrons. The molecular formula is C34H67N9O10S3Si3. The van der Waals surface area contributed by atoms with Gasteiger partial charge in [0.2, 0.25) is 0 Å². The molecule has 3 aromatic heterocycles. The van der Waals surface area contributed by atoms with Crippen LogP contribution in [0.3, 0.4) is 0 Å². The molecule has 0 aliphatic rings. The summed E-state index contributed by atoms with van der Waals surface area (Å²) >= 11 is 0. The molecule has 0 radical (unpaired) electrons. The molecule has 0 spiro atoms. The van der Waals surface area contributed by atoms with Crippen molar-refractivity contribution in [1.29, 1.82) is 0 Å². The van der Waals surface area contributed by atoms with Crippen LogP contribution in [0.1, 0.15) is 79.4 Å². The first-order valence-corrected chi connectivity index (χ1v) is 31.8. The van der Waals surface area contributed by atoms with Crippen LogP contribution < -0.4 is 13.3 Å². The zero-order valence-corrected chi connectivity index (χ0v) is 44.1. The van der Waals surface area contributed by atoms with E-state index in [1.807, 2.05) is 102 Å². The normalized spacial score (nSPS) is 14.8. The molecule has 3 rings (SSSR count). The van der Waals surface area contributed by atoms with E-state index >= 15 is 0 Å². The van der Waals surface area contributed by atoms with Crippen molar-refractivity contribution >= 4 is 55.6 Å². The van der Waals surface area contributed by atoms with Crippen molar-refractivity contribution in [2.24, 2.45) is 0 Å². The first-order chi connectivity index (χ1) is 26.0. The summed E-state index contributed by atoms with van der Waals surface area (Å²) in [7, 11) is -15.4. The average Bonchev–Trinajstić information content (AvgIpc) is 3.76. The minimum absolute atomic E-state index is 0.447. The Kier molecular flexibility index (Phi) is 13.4. The minimum atomic E-state index is -4.73. The Balaban J connectivity index is 2.85. The quantitative estimate of drug-likeness (QED) is 0.205. The molecular weight excluding hydrogens is 875 g/mol. The molecule has 0 unspecified atom stereocenters. The van der Waals surface area contributed by atoms with E-state index in [2.05, 4.69) is 15.0 Å². The fourth-order valence-corrected chi connectivity index (χ4v) is 10.6. The van der Waals surface area contributed by atoms with Gasteiger partial charge in [-0.25, -0.2) is 15.0 Å². The number of hydrogen-bond donors (Lipinski definition) is 1. The molecule has 25 heteroatoms. The van der Waals surface area contributed by atoms with Crippen LogP contribution in [0, 0.1) is 0 Å². The molecule has 0 saturated heterocycles. The maximum atomic E-state index is 14.6. The molecule has 0 aliphatic heterocycles. The second-order valence-electron chi connectivity index (χ2n) is 19.7. The van der Waals surface area contributed by atoms with Gasteiger partial charge in [-0.1, -0.05) is 62.3 Å². The van der Waals surface area contributed by atoms with Crippen molar-refractivity contribution < 1.29 is 43.6 Å². The molecule has 19 nitrogen and oxygen atoms in total. The van der Waals surface area contributed by atoms with Gasteiger partial charge in [-0.2, -0.15) is 50.1 Å². The SMILES string of the molecule is CN(C)S(=O)(=O)n1c(C(O)(c2cnc(O[Si](C)(C)C(C)(C)C)n2S(=O)(=O)N(C)C)c2cnc(O[Si](C)(C)C(C)(C)C)n2S(=O)(=O)N(C)C)cnc1O[Si](C)(C)C(C)(C)C. The van der Waals surface area contributed by atoms with Gasteiger partial charge in [0.25, 0.3) is 43.0 Å². The van der Waals surface area contributed by atoms with Crippen molar-refractivity contribution in [2.45, 2.75) is 122 Å². The van der Waals surface area contributed by atoms with Gasteiger partial charge in [0.1, 0.15) is 17.1 Å². The van der Waals surface area contributed by atoms with Gasteiger partial charge >= 0.3 is 30.6 Å². The van der Waals surface area contributed by atoms with Crippen molar-refractivity contribution in [3.8, 4) is 18.0 Å². The van der Waals surface area contributed by atoms with Crippen LogP contribution in [0.5, 0.6) is 18.0 Å². The first kappa shape index (κ1) is 50.7. The third-order valence-corrected chi connectivity index (χ3v) is 29.8. The summed E-state index contributed by atoms with van der Waals surface area (Å²) in [6.07, 6.45) is 3.02. The Bertz CT molecular complexity index is 2110. The molecule has 0 saturated carbocycles. The highest BCUT2D eigenvalue weighted by Crippen LogP contribution is 2.46. The lowest BCUT2D eigenvalue weighted by Gasteiger charge is -2.37. The molecule has 0 aromatic carbocycles. The number of aliphatic hydroxyl groups is 1. The monoisotopic (exact) mass is 941 g/mol. The van der Waals surface area contributed by atoms with E-state index in [9.17, 15) is 30.4 Å². The summed E-state index contributed by atoms with van der Waals surface area (Å²) in [6, 6.07) is -1.34. The third kappa shape index (κ3) is 9.00. The molecule has 59 heavy (non-hydrogen) atoms. The van der Waals surface area contributed by atoms with Crippen LogP contribution in [-0.4, -0.2) is 137 Å². The molecule has 0 fully saturated rings. The van der Waals surface area contributed by atoms with Crippen molar-refractivity contribution in [2.75, 3.05) is 42.3 Å². The van der Waals surface area contributed by atoms with E-state index in [4.69, 9.17) is 13.3 Å². The molecule has 3 heterocycles. The Morgan fingerprint density at radius 2 is 0.661 bits per heavy atom. The topological polar surface area (TPSA) is 214 Å². The van der Waals surface area contributed by atoms with Crippen LogP contribution in [0.4, 0.5) is 0 Å². The number of imidazole rings is 3. The van der Waals surface area contributed by atoms with Gasteiger partial charge < -0.3 is 18.4 Å². The van der Waals surface area contributed by atoms with Crippen molar-refractivity contribution in [1.82, 2.24) is 39.8 Å². The highest BCUT2D eigenvalue weighted by Gasteiger charge is 2.53. The summed E-state index contributed by atoms with van der Waals surface area (Å²) in [5.41, 5.74) is -4.98. The Labute approximate surface area is 355 Å². The zero-order valence-electron chi connectivity index (χ0n) is 38.6. The van der Waals surface area contributed by atoms with Crippen LogP contribution in [0.25, 0.3) is 0 Å². The van der Waals surface area contributed by atoms with Crippen LogP contribution in [-0.2, 0) is 36.2 Å². The molecule has 0 amide bonds. The predicted octanol–water partition coefficient (Wildman–Crippen LogP) is 4.68. The fraction of sp³-hybridized carbons (Fsp3) is 0.735. The van der Waals surface area contributed by atoms with Crippen LogP contribution >= 0.6 is 0 Å². The Hall–Kier alpha value is -2.63. The number of aromatic nitrogens is 6. The van der Waals surface area contributed by atoms with Gasteiger partial charge in [0, 0.05) is 42.3 Å². The first-order valence-electron chi connectivity index (χ1n) is 18.9. The van der Waals surface area contributed by atoms with Crippen molar-refractivity contribution in [3.05, 3.63) is 35.7 Å². The van der Waals surface area contributed by atoms with Gasteiger partial charge in [-0.15, -0.1) is 0 Å². The smallest absolute Gasteiger partial charge is 0.311 e. The second kappa shape index (κ2) is 15.6. The van der Waals surface area contributed by atoms with Gasteiger partial charge in [-0.05, 0) is 54.4 Å². The van der Waals surface area contributed by atoms with Gasteiger partial charge in [-0.3, -0.25) is 0 Å². The summed E-state index contributed by atoms with van der Waals surface area (Å²) in [5, 5.41) is 12.5. The van der Waals surface area contributed by atoms with Crippen LogP contribution in [0.15, 0.2) is 18.6 Å². The molecule has 0 aliphatic carbocycles. The van der Waals surface area contributed by atoms with E-state index in [1.165, 1.54) is 42.3 Å². The Morgan fingerprint density at radius 3 is 0.814 bits per heavy atom. The van der Waals surface area contributed by atoms with E-state index in [0.29, 0.717) is 11.9 Å². The summed E-state index contributed by atoms with van der Waals surface area (Å²) in [5.74, 6) is 0. The largest absolute Gasteiger partial charge is 0.517 e. The van der Waals surface area contributed by atoms with E-state index in [1.54, 1.807) is 0 Å². The second-order valence-corrected chi connectivity index (χ2v) is 39.9. The third-order valence-electron chi connectivity index (χ3n) is 11.7. The number of hydrogen-bond acceptors (Lipinski definition) is 13. The van der Waals surface area contributed by atoms with Crippen LogP contribution in [0.2, 0.25) is 54.4 Å². The van der Waals surface area contributed by atoms with Gasteiger partial charge in [0.15, 0.2) is 5.60 Å². The summed E-state index contributed by atoms with van der Waals surface area (Å²) < 4.78 is 112. The van der Waals surface area contributed by atoms with E-state index in [0.717, 1.165) is 31.5 Å². The highest BCUT2D eigenvalue weighted by molar-refractivity contribution is 7.88. The van der Waals surface area contributed by atoms with E-state index < -0.39 is 111 Å².